The van der Waals surface area contributed by atoms with Gasteiger partial charge in [0.15, 0.2) is 5.54 Å². The topological polar surface area (TPSA) is 59.0 Å². The lowest BCUT2D eigenvalue weighted by Crippen LogP contribution is -2.58. The van der Waals surface area contributed by atoms with Crippen LogP contribution in [0.25, 0.3) is 0 Å². The van der Waals surface area contributed by atoms with E-state index in [2.05, 4.69) is 4.99 Å². The van der Waals surface area contributed by atoms with Gasteiger partial charge in [-0.3, -0.25) is 14.7 Å². The molecule has 0 aliphatic carbocycles. The van der Waals surface area contributed by atoms with Gasteiger partial charge in [-0.05, 0) is 32.9 Å². The van der Waals surface area contributed by atoms with Crippen molar-refractivity contribution in [1.82, 2.24) is 4.90 Å². The van der Waals surface area contributed by atoms with Crippen LogP contribution in [0.2, 0.25) is 0 Å². The van der Waals surface area contributed by atoms with Crippen LogP contribution in [0.4, 0.5) is 0 Å². The van der Waals surface area contributed by atoms with Gasteiger partial charge in [0.05, 0.1) is 13.2 Å². The molecule has 0 saturated carbocycles. The maximum atomic E-state index is 12.7. The quantitative estimate of drug-likeness (QED) is 0.774. The van der Waals surface area contributed by atoms with E-state index in [-0.39, 0.29) is 11.9 Å². The van der Waals surface area contributed by atoms with Crippen molar-refractivity contribution in [3.63, 3.8) is 0 Å². The first kappa shape index (κ1) is 14.2. The molecule has 20 heavy (non-hydrogen) atoms. The van der Waals surface area contributed by atoms with Crippen LogP contribution in [-0.4, -0.2) is 41.3 Å². The molecule has 0 saturated heterocycles. The summed E-state index contributed by atoms with van der Waals surface area (Å²) in [6.07, 6.45) is 0. The maximum absolute atomic E-state index is 12.7. The molecule has 2 rings (SSSR count). The molecular weight excluding hydrogens is 256 g/mol. The molecule has 0 N–H and O–H groups in total. The highest BCUT2D eigenvalue weighted by Crippen LogP contribution is 2.31. The lowest BCUT2D eigenvalue weighted by atomic mass is 9.92. The van der Waals surface area contributed by atoms with Gasteiger partial charge in [0.25, 0.3) is 5.91 Å². The van der Waals surface area contributed by atoms with Crippen molar-refractivity contribution < 1.29 is 14.3 Å². The van der Waals surface area contributed by atoms with Crippen LogP contribution in [0.5, 0.6) is 0 Å². The van der Waals surface area contributed by atoms with Gasteiger partial charge in [-0.2, -0.15) is 0 Å². The molecule has 106 valence electrons. The number of amides is 1. The fourth-order valence-corrected chi connectivity index (χ4v) is 2.52. The monoisotopic (exact) mass is 274 g/mol. The summed E-state index contributed by atoms with van der Waals surface area (Å²) in [4.78, 5) is 30.6. The van der Waals surface area contributed by atoms with Gasteiger partial charge in [-0.1, -0.05) is 18.2 Å². The zero-order chi connectivity index (χ0) is 14.9. The largest absolute Gasteiger partial charge is 0.467 e. The number of carbonyl (C=O) groups is 2. The van der Waals surface area contributed by atoms with Gasteiger partial charge in [0, 0.05) is 5.56 Å². The zero-order valence-corrected chi connectivity index (χ0v) is 12.1. The number of benzene rings is 1. The maximum Gasteiger partial charge on any atom is 0.334 e. The Kier molecular flexibility index (Phi) is 3.61. The summed E-state index contributed by atoms with van der Waals surface area (Å²) < 4.78 is 4.87. The predicted octanol–water partition coefficient (Wildman–Crippen LogP) is 1.88. The summed E-state index contributed by atoms with van der Waals surface area (Å²) in [5.41, 5.74) is -0.586. The van der Waals surface area contributed by atoms with Gasteiger partial charge in [0.1, 0.15) is 5.84 Å². The summed E-state index contributed by atoms with van der Waals surface area (Å²) in [5, 5.41) is 0. The molecule has 0 fully saturated rings. The SMILES string of the molecule is COC(=O)[C@@]1(C)[C@@H](C)N=C(C)N1C(=O)c1ccccc1. The van der Waals surface area contributed by atoms with E-state index in [9.17, 15) is 9.59 Å². The van der Waals surface area contributed by atoms with E-state index in [0.717, 1.165) is 0 Å². The lowest BCUT2D eigenvalue weighted by Gasteiger charge is -2.34. The van der Waals surface area contributed by atoms with E-state index in [1.54, 1.807) is 45.0 Å². The minimum Gasteiger partial charge on any atom is -0.467 e. The number of hydrogen-bond donors (Lipinski definition) is 0. The summed E-state index contributed by atoms with van der Waals surface area (Å²) in [7, 11) is 1.32. The van der Waals surface area contributed by atoms with Crippen molar-refractivity contribution >= 4 is 17.7 Å². The number of amidine groups is 1. The Morgan fingerprint density at radius 3 is 2.45 bits per heavy atom. The Hall–Kier alpha value is -2.17. The summed E-state index contributed by atoms with van der Waals surface area (Å²) >= 11 is 0. The van der Waals surface area contributed by atoms with Crippen molar-refractivity contribution in [1.29, 1.82) is 0 Å². The first-order valence-corrected chi connectivity index (χ1v) is 6.45. The van der Waals surface area contributed by atoms with E-state index < -0.39 is 11.5 Å². The number of rotatable bonds is 2. The Balaban J connectivity index is 2.45. The second kappa shape index (κ2) is 5.07. The Bertz CT molecular complexity index is 568. The van der Waals surface area contributed by atoms with Crippen LogP contribution < -0.4 is 0 Å². The van der Waals surface area contributed by atoms with Crippen LogP contribution in [0.15, 0.2) is 35.3 Å². The highest BCUT2D eigenvalue weighted by molar-refractivity contribution is 6.11. The highest BCUT2D eigenvalue weighted by atomic mass is 16.5. The molecule has 1 amide bonds. The zero-order valence-electron chi connectivity index (χ0n) is 12.1. The van der Waals surface area contributed by atoms with Crippen molar-refractivity contribution in [2.45, 2.75) is 32.4 Å². The normalized spacial score (nSPS) is 25.3. The average molecular weight is 274 g/mol. The van der Waals surface area contributed by atoms with Crippen LogP contribution in [0, 0.1) is 0 Å². The van der Waals surface area contributed by atoms with E-state index >= 15 is 0 Å². The van der Waals surface area contributed by atoms with Gasteiger partial charge in [-0.25, -0.2) is 4.79 Å². The third-order valence-electron chi connectivity index (χ3n) is 3.80. The average Bonchev–Trinajstić information content (AvgIpc) is 2.69. The Morgan fingerprint density at radius 2 is 1.90 bits per heavy atom. The fraction of sp³-hybridized carbons (Fsp3) is 0.400. The minimum atomic E-state index is -1.11. The Morgan fingerprint density at radius 1 is 1.30 bits per heavy atom. The molecule has 1 aromatic rings. The summed E-state index contributed by atoms with van der Waals surface area (Å²) in [6.45, 7) is 5.22. The summed E-state index contributed by atoms with van der Waals surface area (Å²) in [6, 6.07) is 8.50. The standard InChI is InChI=1S/C15H18N2O3/c1-10-15(3,14(19)20-4)17(11(2)16-10)13(18)12-8-6-5-7-9-12/h5-10H,1-4H3/t10-,15-/m1/s1. The van der Waals surface area contributed by atoms with Crippen LogP contribution in [0.1, 0.15) is 31.1 Å². The van der Waals surface area contributed by atoms with Crippen LogP contribution in [-0.2, 0) is 9.53 Å². The van der Waals surface area contributed by atoms with Crippen LogP contribution >= 0.6 is 0 Å². The smallest absolute Gasteiger partial charge is 0.334 e. The van der Waals surface area contributed by atoms with E-state index in [1.165, 1.54) is 12.0 Å². The molecule has 2 atom stereocenters. The Labute approximate surface area is 118 Å². The molecule has 5 heteroatoms. The van der Waals surface area contributed by atoms with Crippen molar-refractivity contribution in [3.8, 4) is 0 Å². The van der Waals surface area contributed by atoms with Crippen LogP contribution in [0.3, 0.4) is 0 Å². The molecule has 0 bridgehead atoms. The predicted molar refractivity (Wildman–Crippen MR) is 75.6 cm³/mol. The number of carbonyl (C=O) groups excluding carboxylic acids is 2. The van der Waals surface area contributed by atoms with Gasteiger partial charge in [-0.15, -0.1) is 0 Å². The lowest BCUT2D eigenvalue weighted by molar-refractivity contribution is -0.150. The highest BCUT2D eigenvalue weighted by Gasteiger charge is 2.53. The molecule has 1 aliphatic rings. The molecule has 0 spiro atoms. The fourth-order valence-electron chi connectivity index (χ4n) is 2.52. The number of esters is 1. The van der Waals surface area contributed by atoms with Gasteiger partial charge in [0.2, 0.25) is 0 Å². The second-order valence-corrected chi connectivity index (χ2v) is 5.00. The molecule has 0 aromatic heterocycles. The van der Waals surface area contributed by atoms with E-state index in [4.69, 9.17) is 4.74 Å². The van der Waals surface area contributed by atoms with Crippen molar-refractivity contribution in [3.05, 3.63) is 35.9 Å². The second-order valence-electron chi connectivity index (χ2n) is 5.00. The third-order valence-corrected chi connectivity index (χ3v) is 3.80. The van der Waals surface area contributed by atoms with Crippen molar-refractivity contribution in [2.75, 3.05) is 7.11 Å². The van der Waals surface area contributed by atoms with E-state index in [1.807, 2.05) is 6.07 Å². The number of ether oxygens (including phenoxy) is 1. The first-order valence-electron chi connectivity index (χ1n) is 6.45. The molecule has 1 aliphatic heterocycles. The van der Waals surface area contributed by atoms with Crippen molar-refractivity contribution in [2.24, 2.45) is 4.99 Å². The molecule has 5 nitrogen and oxygen atoms in total. The molecule has 1 aromatic carbocycles. The molecular formula is C15H18N2O3. The number of methoxy groups -OCH3 is 1. The third kappa shape index (κ3) is 1.99. The minimum absolute atomic E-state index is 0.246. The first-order chi connectivity index (χ1) is 9.42. The number of hydrogen-bond acceptors (Lipinski definition) is 4. The number of nitrogens with zero attached hydrogens (tertiary/aromatic N) is 2. The summed E-state index contributed by atoms with van der Waals surface area (Å²) in [5.74, 6) is -0.182. The van der Waals surface area contributed by atoms with Gasteiger partial charge < -0.3 is 4.74 Å². The number of aliphatic imine (C=N–C) groups is 1. The van der Waals surface area contributed by atoms with Gasteiger partial charge >= 0.3 is 5.97 Å². The molecule has 1 heterocycles. The molecule has 0 unspecified atom stereocenters. The molecule has 0 radical (unpaired) electrons. The van der Waals surface area contributed by atoms with E-state index in [0.29, 0.717) is 11.4 Å².